The van der Waals surface area contributed by atoms with E-state index in [4.69, 9.17) is 14.5 Å². The van der Waals surface area contributed by atoms with Gasteiger partial charge in [-0.3, -0.25) is 19.3 Å². The number of hydrogen-bond acceptors (Lipinski definition) is 7. The van der Waals surface area contributed by atoms with Crippen molar-refractivity contribution in [3.8, 4) is 28.3 Å². The monoisotopic (exact) mass is 537 g/mol. The summed E-state index contributed by atoms with van der Waals surface area (Å²) in [6.45, 7) is 6.85. The molecule has 5 rings (SSSR count). The summed E-state index contributed by atoms with van der Waals surface area (Å²) in [5.74, 6) is 2.19. The Hall–Kier alpha value is -4.92. The number of rotatable bonds is 7. The fourth-order valence-corrected chi connectivity index (χ4v) is 4.56. The van der Waals surface area contributed by atoms with Crippen LogP contribution in [0.4, 0.5) is 5.82 Å². The van der Waals surface area contributed by atoms with Crippen molar-refractivity contribution < 1.29 is 9.47 Å². The van der Waals surface area contributed by atoms with Gasteiger partial charge in [0, 0.05) is 29.9 Å². The van der Waals surface area contributed by atoms with Gasteiger partial charge in [0.05, 0.1) is 37.1 Å². The molecule has 0 aliphatic carbocycles. The lowest BCUT2D eigenvalue weighted by Gasteiger charge is -2.25. The van der Waals surface area contributed by atoms with E-state index in [1.807, 2.05) is 54.6 Å². The van der Waals surface area contributed by atoms with Crippen LogP contribution >= 0.6 is 0 Å². The van der Waals surface area contributed by atoms with E-state index in [0.29, 0.717) is 23.8 Å². The van der Waals surface area contributed by atoms with E-state index in [1.165, 1.54) is 16.8 Å². The number of anilines is 1. The number of hydrogen-bond donors (Lipinski definition) is 2. The Morgan fingerprint density at radius 2 is 1.70 bits per heavy atom. The third-order valence-electron chi connectivity index (χ3n) is 6.67. The number of ether oxygens (including phenoxy) is 2. The fraction of sp³-hybridized carbons (Fsp3) is 0.226. The number of nitrogens with zero attached hydrogens (tertiary/aromatic N) is 3. The van der Waals surface area contributed by atoms with Gasteiger partial charge in [-0.1, -0.05) is 39.0 Å². The van der Waals surface area contributed by atoms with Crippen LogP contribution in [0.15, 0.2) is 82.6 Å². The lowest BCUT2D eigenvalue weighted by Crippen LogP contribution is -2.27. The minimum absolute atomic E-state index is 0.289. The second-order valence-corrected chi connectivity index (χ2v) is 10.5. The smallest absolute Gasteiger partial charge is 0.332 e. The molecule has 0 spiro atoms. The van der Waals surface area contributed by atoms with E-state index in [9.17, 15) is 9.59 Å². The van der Waals surface area contributed by atoms with Gasteiger partial charge in [-0.05, 0) is 52.9 Å². The quantitative estimate of drug-likeness (QED) is 0.298. The van der Waals surface area contributed by atoms with Crippen molar-refractivity contribution in [1.82, 2.24) is 19.5 Å². The lowest BCUT2D eigenvalue weighted by molar-refractivity contribution is 0.399. The molecule has 0 amide bonds. The van der Waals surface area contributed by atoms with Crippen LogP contribution in [-0.2, 0) is 12.0 Å². The van der Waals surface area contributed by atoms with Crippen molar-refractivity contribution in [3.05, 3.63) is 105 Å². The molecule has 9 nitrogen and oxygen atoms in total. The summed E-state index contributed by atoms with van der Waals surface area (Å²) in [6, 6.07) is 18.8. The molecular formula is C31H31N5O4. The van der Waals surface area contributed by atoms with Crippen molar-refractivity contribution in [2.75, 3.05) is 19.5 Å². The lowest BCUT2D eigenvalue weighted by atomic mass is 9.83. The van der Waals surface area contributed by atoms with Gasteiger partial charge in [0.15, 0.2) is 0 Å². The summed E-state index contributed by atoms with van der Waals surface area (Å²) in [5.41, 5.74) is 4.51. The number of aromatic nitrogens is 4. The highest BCUT2D eigenvalue weighted by atomic mass is 16.5. The van der Waals surface area contributed by atoms with Crippen molar-refractivity contribution >= 4 is 16.9 Å². The highest BCUT2D eigenvalue weighted by molar-refractivity contribution is 5.85. The largest absolute Gasteiger partial charge is 0.497 e. The predicted octanol–water partition coefficient (Wildman–Crippen LogP) is 5.06. The second kappa shape index (κ2) is 10.7. The molecule has 0 saturated heterocycles. The molecule has 0 bridgehead atoms. The topological polar surface area (TPSA) is 111 Å². The van der Waals surface area contributed by atoms with Gasteiger partial charge in [0.2, 0.25) is 0 Å². The average molecular weight is 538 g/mol. The van der Waals surface area contributed by atoms with Crippen LogP contribution in [-0.4, -0.2) is 33.7 Å². The van der Waals surface area contributed by atoms with Crippen LogP contribution in [0.1, 0.15) is 31.9 Å². The van der Waals surface area contributed by atoms with E-state index >= 15 is 0 Å². The van der Waals surface area contributed by atoms with Crippen molar-refractivity contribution in [1.29, 1.82) is 0 Å². The standard InChI is InChI=1S/C31H31N5O4/c1-31(2,3)24-16-21(36-13-12-28(37)35-30(36)38)15-23(29(24)40-5)20-8-11-25-26(14-20)32-18-27(34-25)33-17-19-6-9-22(39-4)10-7-19/h6-16,18H,17H2,1-5H3,(H,33,34)(H,35,37,38). The summed E-state index contributed by atoms with van der Waals surface area (Å²) < 4.78 is 12.6. The molecule has 40 heavy (non-hydrogen) atoms. The van der Waals surface area contributed by atoms with Crippen LogP contribution in [0.3, 0.4) is 0 Å². The number of H-pyrrole nitrogens is 1. The molecule has 0 aliphatic heterocycles. The van der Waals surface area contributed by atoms with Gasteiger partial charge in [-0.2, -0.15) is 0 Å². The van der Waals surface area contributed by atoms with E-state index in [1.54, 1.807) is 20.4 Å². The number of nitrogens with one attached hydrogen (secondary N) is 2. The van der Waals surface area contributed by atoms with Crippen molar-refractivity contribution in [2.24, 2.45) is 0 Å². The minimum atomic E-state index is -0.512. The molecule has 2 N–H and O–H groups in total. The predicted molar refractivity (Wildman–Crippen MR) is 157 cm³/mol. The summed E-state index contributed by atoms with van der Waals surface area (Å²) in [4.78, 5) is 36.0. The van der Waals surface area contributed by atoms with Crippen molar-refractivity contribution in [2.45, 2.75) is 32.7 Å². The Morgan fingerprint density at radius 1 is 0.925 bits per heavy atom. The molecular weight excluding hydrogens is 506 g/mol. The first-order valence-electron chi connectivity index (χ1n) is 12.8. The van der Waals surface area contributed by atoms with Crippen LogP contribution in [0, 0.1) is 0 Å². The van der Waals surface area contributed by atoms with E-state index in [-0.39, 0.29) is 5.41 Å². The minimum Gasteiger partial charge on any atom is -0.497 e. The maximum absolute atomic E-state index is 12.6. The molecule has 9 heteroatoms. The van der Waals surface area contributed by atoms with E-state index in [0.717, 1.165) is 39.0 Å². The van der Waals surface area contributed by atoms with Gasteiger partial charge >= 0.3 is 5.69 Å². The molecule has 0 radical (unpaired) electrons. The highest BCUT2D eigenvalue weighted by Gasteiger charge is 2.24. The first-order valence-corrected chi connectivity index (χ1v) is 12.8. The SMILES string of the molecule is COc1ccc(CNc2cnc3cc(-c4cc(-n5ccc(=O)[nH]c5=O)cc(C(C)(C)C)c4OC)ccc3n2)cc1. The number of benzene rings is 3. The molecule has 3 aromatic carbocycles. The fourth-order valence-electron chi connectivity index (χ4n) is 4.56. The number of fused-ring (bicyclic) bond motifs is 1. The Kier molecular flexibility index (Phi) is 7.13. The molecule has 0 unspecified atom stereocenters. The zero-order chi connectivity index (χ0) is 28.4. The van der Waals surface area contributed by atoms with Crippen LogP contribution in [0.2, 0.25) is 0 Å². The third-order valence-corrected chi connectivity index (χ3v) is 6.67. The first kappa shape index (κ1) is 26.7. The Bertz CT molecular complexity index is 1800. The maximum atomic E-state index is 12.6. The summed E-state index contributed by atoms with van der Waals surface area (Å²) in [7, 11) is 3.29. The molecule has 0 aliphatic rings. The van der Waals surface area contributed by atoms with Gasteiger partial charge in [-0.15, -0.1) is 0 Å². The number of aromatic amines is 1. The first-order chi connectivity index (χ1) is 19.2. The molecule has 0 atom stereocenters. The van der Waals surface area contributed by atoms with Gasteiger partial charge in [0.25, 0.3) is 5.56 Å². The van der Waals surface area contributed by atoms with E-state index < -0.39 is 11.2 Å². The second-order valence-electron chi connectivity index (χ2n) is 10.5. The highest BCUT2D eigenvalue weighted by Crippen LogP contribution is 2.41. The zero-order valence-electron chi connectivity index (χ0n) is 23.1. The molecule has 5 aromatic rings. The van der Waals surface area contributed by atoms with Gasteiger partial charge in [-0.25, -0.2) is 9.78 Å². The molecule has 2 heterocycles. The molecule has 0 fully saturated rings. The van der Waals surface area contributed by atoms with E-state index in [2.05, 4.69) is 36.1 Å². The molecule has 204 valence electrons. The Labute approximate surface area is 231 Å². The third kappa shape index (κ3) is 5.44. The summed E-state index contributed by atoms with van der Waals surface area (Å²) >= 11 is 0. The normalized spacial score (nSPS) is 11.4. The Morgan fingerprint density at radius 3 is 2.38 bits per heavy atom. The zero-order valence-corrected chi connectivity index (χ0v) is 23.1. The average Bonchev–Trinajstić information content (AvgIpc) is 2.95. The van der Waals surface area contributed by atoms with Crippen LogP contribution in [0.25, 0.3) is 27.8 Å². The molecule has 0 saturated carbocycles. The summed E-state index contributed by atoms with van der Waals surface area (Å²) in [6.07, 6.45) is 3.19. The van der Waals surface area contributed by atoms with Gasteiger partial charge in [0.1, 0.15) is 17.3 Å². The van der Waals surface area contributed by atoms with Gasteiger partial charge < -0.3 is 14.8 Å². The molecule has 2 aromatic heterocycles. The summed E-state index contributed by atoms with van der Waals surface area (Å²) in [5, 5.41) is 3.32. The number of methoxy groups -OCH3 is 2. The van der Waals surface area contributed by atoms with Crippen LogP contribution < -0.4 is 26.0 Å². The van der Waals surface area contributed by atoms with Crippen LogP contribution in [0.5, 0.6) is 11.5 Å². The maximum Gasteiger partial charge on any atom is 0.332 e. The van der Waals surface area contributed by atoms with Crippen molar-refractivity contribution in [3.63, 3.8) is 0 Å². The Balaban J connectivity index is 1.53.